The summed E-state index contributed by atoms with van der Waals surface area (Å²) in [4.78, 5) is 15.5. The van der Waals surface area contributed by atoms with Crippen molar-refractivity contribution in [2.24, 2.45) is 0 Å². The van der Waals surface area contributed by atoms with E-state index in [1.807, 2.05) is 0 Å². The Morgan fingerprint density at radius 3 is 2.52 bits per heavy atom. The smallest absolute Gasteiger partial charge is 0.384 e. The minimum Gasteiger partial charge on any atom is -0.384 e. The molecular formula is C13H9F4N3O. The minimum absolute atomic E-state index is 0.0951. The van der Waals surface area contributed by atoms with Crippen molar-refractivity contribution in [2.75, 3.05) is 11.1 Å². The van der Waals surface area contributed by atoms with Gasteiger partial charge in [-0.3, -0.25) is 4.79 Å². The molecule has 2 aromatic rings. The number of halogens is 4. The molecular weight excluding hydrogens is 290 g/mol. The Balaban J connectivity index is 2.26. The number of hydrogen-bond donors (Lipinski definition) is 2. The summed E-state index contributed by atoms with van der Waals surface area (Å²) < 4.78 is 50.8. The van der Waals surface area contributed by atoms with Crippen LogP contribution in [0, 0.1) is 5.82 Å². The molecule has 0 saturated carbocycles. The second-order valence-corrected chi connectivity index (χ2v) is 4.12. The number of nitrogen functional groups attached to an aromatic ring is 1. The summed E-state index contributed by atoms with van der Waals surface area (Å²) in [6, 6.07) is 4.81. The average Bonchev–Trinajstić information content (AvgIpc) is 2.39. The molecule has 0 atom stereocenters. The number of aromatic nitrogens is 1. The lowest BCUT2D eigenvalue weighted by molar-refractivity contribution is -0.139. The number of pyridine rings is 1. The molecule has 8 heteroatoms. The van der Waals surface area contributed by atoms with Gasteiger partial charge in [-0.05, 0) is 30.3 Å². The van der Waals surface area contributed by atoms with Crippen LogP contribution in [0.2, 0.25) is 0 Å². The quantitative estimate of drug-likeness (QED) is 0.837. The van der Waals surface area contributed by atoms with Gasteiger partial charge < -0.3 is 11.1 Å². The Morgan fingerprint density at radius 2 is 1.90 bits per heavy atom. The molecule has 0 saturated heterocycles. The van der Waals surface area contributed by atoms with Gasteiger partial charge in [0.05, 0.1) is 5.56 Å². The number of hydrogen-bond acceptors (Lipinski definition) is 3. The van der Waals surface area contributed by atoms with Crippen molar-refractivity contribution in [3.63, 3.8) is 0 Å². The maximum Gasteiger partial charge on any atom is 0.419 e. The molecule has 0 bridgehead atoms. The monoisotopic (exact) mass is 299 g/mol. The highest BCUT2D eigenvalue weighted by Gasteiger charge is 2.34. The molecule has 0 unspecified atom stereocenters. The van der Waals surface area contributed by atoms with Crippen LogP contribution in [-0.2, 0) is 6.18 Å². The molecule has 110 valence electrons. The summed E-state index contributed by atoms with van der Waals surface area (Å²) in [6.45, 7) is 0. The maximum atomic E-state index is 13.1. The van der Waals surface area contributed by atoms with E-state index in [2.05, 4.69) is 10.3 Å². The predicted octanol–water partition coefficient (Wildman–Crippen LogP) is 3.07. The highest BCUT2D eigenvalue weighted by atomic mass is 19.4. The Labute approximate surface area is 116 Å². The van der Waals surface area contributed by atoms with Crippen LogP contribution in [0.15, 0.2) is 36.5 Å². The molecule has 1 aromatic heterocycles. The fourth-order valence-electron chi connectivity index (χ4n) is 1.61. The number of carbonyl (C=O) groups is 1. The molecule has 1 amide bonds. The number of nitrogens with two attached hydrogens (primary N) is 1. The summed E-state index contributed by atoms with van der Waals surface area (Å²) in [5, 5.41) is 2.24. The number of amides is 1. The summed E-state index contributed by atoms with van der Waals surface area (Å²) in [6.07, 6.45) is -3.55. The van der Waals surface area contributed by atoms with Gasteiger partial charge in [-0.1, -0.05) is 0 Å². The third kappa shape index (κ3) is 3.47. The Morgan fingerprint density at radius 1 is 1.19 bits per heavy atom. The molecule has 21 heavy (non-hydrogen) atoms. The van der Waals surface area contributed by atoms with Gasteiger partial charge in [0.15, 0.2) is 0 Å². The van der Waals surface area contributed by atoms with Gasteiger partial charge in [0, 0.05) is 17.4 Å². The number of benzene rings is 1. The molecule has 4 nitrogen and oxygen atoms in total. The lowest BCUT2D eigenvalue weighted by atomic mass is 10.1. The SMILES string of the molecule is Nc1cc(C(=O)Nc2ccc(F)c(C(F)(F)F)c2)ccn1. The zero-order valence-electron chi connectivity index (χ0n) is 10.4. The molecule has 0 spiro atoms. The third-order valence-corrected chi connectivity index (χ3v) is 2.57. The number of alkyl halides is 3. The zero-order valence-corrected chi connectivity index (χ0v) is 10.4. The predicted molar refractivity (Wildman–Crippen MR) is 68.0 cm³/mol. The van der Waals surface area contributed by atoms with E-state index in [4.69, 9.17) is 5.73 Å². The first-order valence-electron chi connectivity index (χ1n) is 5.67. The van der Waals surface area contributed by atoms with Crippen LogP contribution in [0.4, 0.5) is 29.1 Å². The lowest BCUT2D eigenvalue weighted by Gasteiger charge is -2.11. The molecule has 0 fully saturated rings. The molecule has 0 radical (unpaired) electrons. The lowest BCUT2D eigenvalue weighted by Crippen LogP contribution is -2.14. The summed E-state index contributed by atoms with van der Waals surface area (Å²) in [5.74, 6) is -1.99. The molecule has 2 rings (SSSR count). The van der Waals surface area contributed by atoms with E-state index < -0.39 is 23.5 Å². The van der Waals surface area contributed by atoms with Gasteiger partial charge in [0.25, 0.3) is 5.91 Å². The Hall–Kier alpha value is -2.64. The molecule has 0 aliphatic carbocycles. The van der Waals surface area contributed by atoms with Gasteiger partial charge >= 0.3 is 6.18 Å². The van der Waals surface area contributed by atoms with Crippen LogP contribution in [0.25, 0.3) is 0 Å². The number of carbonyl (C=O) groups excluding carboxylic acids is 1. The van der Waals surface area contributed by atoms with E-state index in [9.17, 15) is 22.4 Å². The van der Waals surface area contributed by atoms with E-state index in [0.717, 1.165) is 6.07 Å². The van der Waals surface area contributed by atoms with Gasteiger partial charge in [0.2, 0.25) is 0 Å². The minimum atomic E-state index is -4.84. The highest BCUT2D eigenvalue weighted by molar-refractivity contribution is 6.04. The largest absolute Gasteiger partial charge is 0.419 e. The van der Waals surface area contributed by atoms with Crippen LogP contribution < -0.4 is 11.1 Å². The van der Waals surface area contributed by atoms with Gasteiger partial charge in [-0.25, -0.2) is 9.37 Å². The van der Waals surface area contributed by atoms with Crippen molar-refractivity contribution < 1.29 is 22.4 Å². The van der Waals surface area contributed by atoms with Gasteiger partial charge in [-0.15, -0.1) is 0 Å². The van der Waals surface area contributed by atoms with Gasteiger partial charge in [-0.2, -0.15) is 13.2 Å². The van der Waals surface area contributed by atoms with Crippen LogP contribution in [0.1, 0.15) is 15.9 Å². The topological polar surface area (TPSA) is 68.0 Å². The standard InChI is InChI=1S/C13H9F4N3O/c14-10-2-1-8(6-9(10)13(15,16)17)20-12(21)7-3-4-19-11(18)5-7/h1-6H,(H2,18,19)(H,20,21). The number of nitrogens with one attached hydrogen (secondary N) is 1. The second kappa shape index (κ2) is 5.39. The van der Waals surface area contributed by atoms with Crippen molar-refractivity contribution in [1.82, 2.24) is 4.98 Å². The van der Waals surface area contributed by atoms with Crippen molar-refractivity contribution in [3.05, 3.63) is 53.5 Å². The molecule has 1 aromatic carbocycles. The van der Waals surface area contributed by atoms with Crippen LogP contribution in [0.5, 0.6) is 0 Å². The maximum absolute atomic E-state index is 13.1. The molecule has 0 aliphatic heterocycles. The van der Waals surface area contributed by atoms with Crippen LogP contribution >= 0.6 is 0 Å². The van der Waals surface area contributed by atoms with E-state index in [-0.39, 0.29) is 17.1 Å². The van der Waals surface area contributed by atoms with Crippen molar-refractivity contribution >= 4 is 17.4 Å². The van der Waals surface area contributed by atoms with E-state index in [1.54, 1.807) is 0 Å². The van der Waals surface area contributed by atoms with Crippen molar-refractivity contribution in [2.45, 2.75) is 6.18 Å². The number of anilines is 2. The Kier molecular flexibility index (Phi) is 3.79. The van der Waals surface area contributed by atoms with E-state index in [0.29, 0.717) is 12.1 Å². The van der Waals surface area contributed by atoms with Crippen LogP contribution in [-0.4, -0.2) is 10.9 Å². The highest BCUT2D eigenvalue weighted by Crippen LogP contribution is 2.33. The molecule has 1 heterocycles. The summed E-state index contributed by atoms with van der Waals surface area (Å²) >= 11 is 0. The van der Waals surface area contributed by atoms with E-state index in [1.165, 1.54) is 18.3 Å². The fourth-order valence-corrected chi connectivity index (χ4v) is 1.61. The van der Waals surface area contributed by atoms with E-state index >= 15 is 0 Å². The normalized spacial score (nSPS) is 11.2. The second-order valence-electron chi connectivity index (χ2n) is 4.12. The van der Waals surface area contributed by atoms with Crippen LogP contribution in [0.3, 0.4) is 0 Å². The first kappa shape index (κ1) is 14.8. The molecule has 0 aliphatic rings. The third-order valence-electron chi connectivity index (χ3n) is 2.57. The number of rotatable bonds is 2. The summed E-state index contributed by atoms with van der Waals surface area (Å²) in [5.41, 5.74) is 3.90. The fraction of sp³-hybridized carbons (Fsp3) is 0.0769. The number of nitrogens with zero attached hydrogens (tertiary/aromatic N) is 1. The van der Waals surface area contributed by atoms with Crippen molar-refractivity contribution in [3.8, 4) is 0 Å². The van der Waals surface area contributed by atoms with Crippen molar-refractivity contribution in [1.29, 1.82) is 0 Å². The van der Waals surface area contributed by atoms with Gasteiger partial charge in [0.1, 0.15) is 11.6 Å². The first-order chi connectivity index (χ1) is 9.77. The zero-order chi connectivity index (χ0) is 15.6. The summed E-state index contributed by atoms with van der Waals surface area (Å²) in [7, 11) is 0. The average molecular weight is 299 g/mol. The Bertz CT molecular complexity index is 685. The molecule has 3 N–H and O–H groups in total. The first-order valence-corrected chi connectivity index (χ1v) is 5.67.